The van der Waals surface area contributed by atoms with E-state index in [4.69, 9.17) is 0 Å². The molecular formula is C17H19NO. The Morgan fingerprint density at radius 3 is 2.37 bits per heavy atom. The third-order valence-corrected chi connectivity index (χ3v) is 4.00. The van der Waals surface area contributed by atoms with E-state index in [-0.39, 0.29) is 0 Å². The molecule has 2 aromatic carbocycles. The zero-order chi connectivity index (χ0) is 13.2. The molecule has 2 N–H and O–H groups in total. The van der Waals surface area contributed by atoms with Crippen molar-refractivity contribution in [2.45, 2.75) is 31.7 Å². The predicted molar refractivity (Wildman–Crippen MR) is 78.6 cm³/mol. The van der Waals surface area contributed by atoms with Gasteiger partial charge >= 0.3 is 0 Å². The highest BCUT2D eigenvalue weighted by Crippen LogP contribution is 2.38. The number of rotatable bonds is 2. The predicted octanol–water partition coefficient (Wildman–Crippen LogP) is 4.44. The first kappa shape index (κ1) is 12.1. The third kappa shape index (κ3) is 2.43. The van der Waals surface area contributed by atoms with Crippen LogP contribution in [-0.2, 0) is 0 Å². The topological polar surface area (TPSA) is 32.3 Å². The van der Waals surface area contributed by atoms with Crippen LogP contribution in [0.15, 0.2) is 48.5 Å². The lowest BCUT2D eigenvalue weighted by molar-refractivity contribution is 0.475. The van der Waals surface area contributed by atoms with E-state index in [1.807, 2.05) is 12.1 Å². The van der Waals surface area contributed by atoms with Gasteiger partial charge in [0, 0.05) is 5.69 Å². The molecule has 0 bridgehead atoms. The molecule has 0 heterocycles. The summed E-state index contributed by atoms with van der Waals surface area (Å²) in [6.45, 7) is 2.30. The van der Waals surface area contributed by atoms with Gasteiger partial charge in [0.25, 0.3) is 0 Å². The van der Waals surface area contributed by atoms with Crippen LogP contribution in [0.2, 0.25) is 0 Å². The quantitative estimate of drug-likeness (QED) is 0.775. The van der Waals surface area contributed by atoms with Gasteiger partial charge in [-0.1, -0.05) is 31.2 Å². The molecule has 2 nitrogen and oxygen atoms in total. The summed E-state index contributed by atoms with van der Waals surface area (Å²) in [5.74, 6) is 0.956. The molecule has 0 aliphatic heterocycles. The van der Waals surface area contributed by atoms with Gasteiger partial charge in [-0.25, -0.2) is 0 Å². The van der Waals surface area contributed by atoms with Crippen molar-refractivity contribution in [1.82, 2.24) is 0 Å². The number of phenols is 1. The average Bonchev–Trinajstić information content (AvgIpc) is 2.45. The maximum Gasteiger partial charge on any atom is 0.115 e. The van der Waals surface area contributed by atoms with E-state index >= 15 is 0 Å². The molecule has 1 aliphatic carbocycles. The minimum absolute atomic E-state index is 0.309. The monoisotopic (exact) mass is 253 g/mol. The molecule has 98 valence electrons. The molecule has 2 atom stereocenters. The summed E-state index contributed by atoms with van der Waals surface area (Å²) in [4.78, 5) is 0. The summed E-state index contributed by atoms with van der Waals surface area (Å²) in [6, 6.07) is 16.4. The van der Waals surface area contributed by atoms with Crippen molar-refractivity contribution in [1.29, 1.82) is 0 Å². The van der Waals surface area contributed by atoms with Crippen LogP contribution in [0.3, 0.4) is 0 Å². The van der Waals surface area contributed by atoms with Gasteiger partial charge in [-0.15, -0.1) is 0 Å². The Morgan fingerprint density at radius 1 is 0.947 bits per heavy atom. The standard InChI is InChI=1S/C17H19NO/c1-12-6-11-17(16-5-3-2-4-15(12)16)18-13-7-9-14(19)10-8-13/h2-5,7-10,12,17-19H,6,11H2,1H3. The minimum atomic E-state index is 0.309. The van der Waals surface area contributed by atoms with E-state index in [0.29, 0.717) is 17.7 Å². The van der Waals surface area contributed by atoms with Crippen LogP contribution in [0.4, 0.5) is 5.69 Å². The molecule has 0 saturated carbocycles. The van der Waals surface area contributed by atoms with Crippen LogP contribution in [0.1, 0.15) is 42.9 Å². The SMILES string of the molecule is CC1CCC(Nc2ccc(O)cc2)c2ccccc21. The van der Waals surface area contributed by atoms with Crippen LogP contribution in [0, 0.1) is 0 Å². The lowest BCUT2D eigenvalue weighted by Crippen LogP contribution is -2.19. The highest BCUT2D eigenvalue weighted by atomic mass is 16.3. The van der Waals surface area contributed by atoms with Gasteiger partial charge in [0.15, 0.2) is 0 Å². The molecule has 1 aliphatic rings. The van der Waals surface area contributed by atoms with Crippen LogP contribution < -0.4 is 5.32 Å². The first-order chi connectivity index (χ1) is 9.24. The maximum absolute atomic E-state index is 9.33. The first-order valence-corrected chi connectivity index (χ1v) is 6.88. The van der Waals surface area contributed by atoms with Crippen LogP contribution in [0.5, 0.6) is 5.75 Å². The highest BCUT2D eigenvalue weighted by Gasteiger charge is 2.23. The van der Waals surface area contributed by atoms with Crippen LogP contribution in [-0.4, -0.2) is 5.11 Å². The van der Waals surface area contributed by atoms with Gasteiger partial charge in [-0.3, -0.25) is 0 Å². The Balaban J connectivity index is 1.86. The van der Waals surface area contributed by atoms with E-state index in [2.05, 4.69) is 36.5 Å². The summed E-state index contributed by atoms with van der Waals surface area (Å²) in [5, 5.41) is 12.9. The van der Waals surface area contributed by atoms with Crippen molar-refractivity contribution in [2.75, 3.05) is 5.32 Å². The van der Waals surface area contributed by atoms with Gasteiger partial charge in [0.1, 0.15) is 5.75 Å². The van der Waals surface area contributed by atoms with Crippen LogP contribution >= 0.6 is 0 Å². The fourth-order valence-electron chi connectivity index (χ4n) is 2.91. The van der Waals surface area contributed by atoms with Crippen molar-refractivity contribution in [2.24, 2.45) is 0 Å². The third-order valence-electron chi connectivity index (χ3n) is 4.00. The van der Waals surface area contributed by atoms with Crippen molar-refractivity contribution >= 4 is 5.69 Å². The summed E-state index contributed by atoms with van der Waals surface area (Å²) in [6.07, 6.45) is 2.37. The molecular weight excluding hydrogens is 234 g/mol. The number of benzene rings is 2. The average molecular weight is 253 g/mol. The number of hydrogen-bond acceptors (Lipinski definition) is 2. The molecule has 3 rings (SSSR count). The van der Waals surface area contributed by atoms with Gasteiger partial charge in [0.05, 0.1) is 6.04 Å². The lowest BCUT2D eigenvalue weighted by atomic mass is 9.81. The Bertz CT molecular complexity index is 562. The van der Waals surface area contributed by atoms with Crippen molar-refractivity contribution < 1.29 is 5.11 Å². The smallest absolute Gasteiger partial charge is 0.115 e. The van der Waals surface area contributed by atoms with E-state index in [0.717, 1.165) is 12.1 Å². The van der Waals surface area contributed by atoms with E-state index in [1.54, 1.807) is 12.1 Å². The lowest BCUT2D eigenvalue weighted by Gasteiger charge is -2.31. The fourth-order valence-corrected chi connectivity index (χ4v) is 2.91. The second-order valence-electron chi connectivity index (χ2n) is 5.35. The van der Waals surface area contributed by atoms with Crippen molar-refractivity contribution in [3.05, 3.63) is 59.7 Å². The first-order valence-electron chi connectivity index (χ1n) is 6.88. The number of aromatic hydroxyl groups is 1. The van der Waals surface area contributed by atoms with Gasteiger partial charge in [-0.05, 0) is 54.2 Å². The van der Waals surface area contributed by atoms with Gasteiger partial charge in [-0.2, -0.15) is 0 Å². The van der Waals surface area contributed by atoms with Crippen LogP contribution in [0.25, 0.3) is 0 Å². The van der Waals surface area contributed by atoms with Crippen molar-refractivity contribution in [3.63, 3.8) is 0 Å². The summed E-state index contributed by atoms with van der Waals surface area (Å²) in [5.41, 5.74) is 3.94. The number of nitrogens with one attached hydrogen (secondary N) is 1. The fraction of sp³-hybridized carbons (Fsp3) is 0.294. The molecule has 0 saturated heterocycles. The molecule has 0 aromatic heterocycles. The molecule has 0 spiro atoms. The second kappa shape index (κ2) is 4.96. The van der Waals surface area contributed by atoms with Crippen molar-refractivity contribution in [3.8, 4) is 5.75 Å². The van der Waals surface area contributed by atoms with Gasteiger partial charge in [0.2, 0.25) is 0 Å². The summed E-state index contributed by atoms with van der Waals surface area (Å²) < 4.78 is 0. The Hall–Kier alpha value is -1.96. The zero-order valence-electron chi connectivity index (χ0n) is 11.1. The highest BCUT2D eigenvalue weighted by molar-refractivity contribution is 5.49. The molecule has 19 heavy (non-hydrogen) atoms. The Kier molecular flexibility index (Phi) is 3.16. The number of fused-ring (bicyclic) bond motifs is 1. The Morgan fingerprint density at radius 2 is 1.63 bits per heavy atom. The summed E-state index contributed by atoms with van der Waals surface area (Å²) >= 11 is 0. The molecule has 2 aromatic rings. The molecule has 0 fully saturated rings. The maximum atomic E-state index is 9.33. The number of phenolic OH excluding ortho intramolecular Hbond substituents is 1. The second-order valence-corrected chi connectivity index (χ2v) is 5.35. The number of anilines is 1. The largest absolute Gasteiger partial charge is 0.508 e. The number of hydrogen-bond donors (Lipinski definition) is 2. The molecule has 2 unspecified atom stereocenters. The van der Waals surface area contributed by atoms with Gasteiger partial charge < -0.3 is 10.4 Å². The molecule has 2 heteroatoms. The van der Waals surface area contributed by atoms with E-state index in [9.17, 15) is 5.11 Å². The molecule has 0 amide bonds. The van der Waals surface area contributed by atoms with E-state index in [1.165, 1.54) is 17.5 Å². The normalized spacial score (nSPS) is 21.7. The minimum Gasteiger partial charge on any atom is -0.508 e. The van der Waals surface area contributed by atoms with E-state index < -0.39 is 0 Å². The zero-order valence-corrected chi connectivity index (χ0v) is 11.1. The molecule has 0 radical (unpaired) electrons. The summed E-state index contributed by atoms with van der Waals surface area (Å²) in [7, 11) is 0. The Labute approximate surface area is 114 Å².